The van der Waals surface area contributed by atoms with Gasteiger partial charge >= 0.3 is 0 Å². The summed E-state index contributed by atoms with van der Waals surface area (Å²) in [7, 11) is 1.42. The van der Waals surface area contributed by atoms with E-state index in [4.69, 9.17) is 21.1 Å². The number of nitrogens with zero attached hydrogens (tertiary/aromatic N) is 2. The number of methoxy groups -OCH3 is 1. The van der Waals surface area contributed by atoms with Crippen molar-refractivity contribution in [3.63, 3.8) is 0 Å². The van der Waals surface area contributed by atoms with Gasteiger partial charge < -0.3 is 14.6 Å². The Morgan fingerprint density at radius 1 is 1.12 bits per heavy atom. The van der Waals surface area contributed by atoms with Crippen LogP contribution in [0.3, 0.4) is 0 Å². The molecule has 0 aliphatic heterocycles. The number of alkyl halides is 2. The average molecular weight is 475 g/mol. The average Bonchev–Trinajstić information content (AvgIpc) is 2.76. The molecule has 1 fully saturated rings. The van der Waals surface area contributed by atoms with Crippen LogP contribution in [-0.2, 0) is 0 Å². The first-order valence-corrected chi connectivity index (χ1v) is 10.5. The van der Waals surface area contributed by atoms with E-state index in [1.54, 1.807) is 36.4 Å². The van der Waals surface area contributed by atoms with Gasteiger partial charge in [-0.05, 0) is 35.9 Å². The molecule has 6 nitrogen and oxygen atoms in total. The van der Waals surface area contributed by atoms with Crippen molar-refractivity contribution < 1.29 is 23.4 Å². The van der Waals surface area contributed by atoms with E-state index in [-0.39, 0.29) is 17.9 Å². The first kappa shape index (κ1) is 22.9. The summed E-state index contributed by atoms with van der Waals surface area (Å²) in [5, 5.41) is 10.7. The SMILES string of the molecule is COc1cc(-n2cnc(C=Cc3ccc(Cl)cc3)cc2=O)ccc1OCC1(O)CC(F)(F)C1. The Bertz CT molecular complexity index is 1230. The predicted octanol–water partition coefficient (Wildman–Crippen LogP) is 4.60. The molecule has 1 saturated carbocycles. The van der Waals surface area contributed by atoms with E-state index < -0.39 is 24.4 Å². The first-order chi connectivity index (χ1) is 15.7. The minimum atomic E-state index is -2.86. The molecule has 1 heterocycles. The van der Waals surface area contributed by atoms with E-state index in [0.717, 1.165) is 5.56 Å². The molecular weight excluding hydrogens is 454 g/mol. The van der Waals surface area contributed by atoms with Crippen LogP contribution in [-0.4, -0.2) is 39.9 Å². The van der Waals surface area contributed by atoms with Crippen LogP contribution in [0.25, 0.3) is 17.8 Å². The van der Waals surface area contributed by atoms with Crippen LogP contribution in [0.2, 0.25) is 5.02 Å². The summed E-state index contributed by atoms with van der Waals surface area (Å²) in [5.74, 6) is -2.30. The van der Waals surface area contributed by atoms with Crippen LogP contribution in [0.15, 0.2) is 59.7 Å². The third-order valence-electron chi connectivity index (χ3n) is 5.24. The highest BCUT2D eigenvalue weighted by molar-refractivity contribution is 6.30. The summed E-state index contributed by atoms with van der Waals surface area (Å²) in [4.78, 5) is 16.9. The van der Waals surface area contributed by atoms with E-state index in [9.17, 15) is 18.7 Å². The fourth-order valence-corrected chi connectivity index (χ4v) is 3.73. The Morgan fingerprint density at radius 2 is 1.85 bits per heavy atom. The highest BCUT2D eigenvalue weighted by Crippen LogP contribution is 2.46. The Hall–Kier alpha value is -3.23. The fourth-order valence-electron chi connectivity index (χ4n) is 3.61. The third-order valence-corrected chi connectivity index (χ3v) is 5.50. The van der Waals surface area contributed by atoms with Crippen LogP contribution in [0.4, 0.5) is 8.78 Å². The second kappa shape index (κ2) is 8.96. The van der Waals surface area contributed by atoms with E-state index in [1.165, 1.54) is 24.1 Å². The van der Waals surface area contributed by atoms with Crippen molar-refractivity contribution in [2.45, 2.75) is 24.4 Å². The Balaban J connectivity index is 1.49. The van der Waals surface area contributed by atoms with Crippen LogP contribution in [0.1, 0.15) is 24.1 Å². The maximum Gasteiger partial charge on any atom is 0.258 e. The van der Waals surface area contributed by atoms with Crippen molar-refractivity contribution in [1.29, 1.82) is 0 Å². The maximum atomic E-state index is 13.1. The monoisotopic (exact) mass is 474 g/mol. The van der Waals surface area contributed by atoms with Crippen molar-refractivity contribution in [3.05, 3.63) is 81.5 Å². The second-order valence-corrected chi connectivity index (χ2v) is 8.40. The molecule has 0 bridgehead atoms. The molecule has 0 unspecified atom stereocenters. The van der Waals surface area contributed by atoms with Gasteiger partial charge in [-0.1, -0.05) is 29.8 Å². The van der Waals surface area contributed by atoms with Crippen molar-refractivity contribution >= 4 is 23.8 Å². The molecule has 3 aromatic rings. The van der Waals surface area contributed by atoms with Gasteiger partial charge in [0.05, 0.1) is 18.5 Å². The van der Waals surface area contributed by atoms with Crippen molar-refractivity contribution in [2.24, 2.45) is 0 Å². The Labute approximate surface area is 193 Å². The van der Waals surface area contributed by atoms with Crippen LogP contribution < -0.4 is 15.0 Å². The quantitative estimate of drug-likeness (QED) is 0.541. The minimum Gasteiger partial charge on any atom is -0.493 e. The highest BCUT2D eigenvalue weighted by atomic mass is 35.5. The van der Waals surface area contributed by atoms with E-state index >= 15 is 0 Å². The smallest absolute Gasteiger partial charge is 0.258 e. The summed E-state index contributed by atoms with van der Waals surface area (Å²) >= 11 is 5.88. The lowest BCUT2D eigenvalue weighted by atomic mass is 9.77. The summed E-state index contributed by atoms with van der Waals surface area (Å²) in [5.41, 5.74) is 0.0228. The Kier molecular flexibility index (Phi) is 6.23. The molecule has 4 rings (SSSR count). The van der Waals surface area contributed by atoms with Gasteiger partial charge in [-0.2, -0.15) is 0 Å². The molecule has 1 aromatic heterocycles. The summed E-state index contributed by atoms with van der Waals surface area (Å²) < 4.78 is 38.3. The van der Waals surface area contributed by atoms with Gasteiger partial charge in [0.25, 0.3) is 11.5 Å². The second-order valence-electron chi connectivity index (χ2n) is 7.96. The molecule has 172 valence electrons. The number of halogens is 3. The lowest BCUT2D eigenvalue weighted by Crippen LogP contribution is -2.55. The number of benzene rings is 2. The molecule has 0 atom stereocenters. The normalized spacial score (nSPS) is 16.4. The number of hydrogen-bond donors (Lipinski definition) is 1. The van der Waals surface area contributed by atoms with Gasteiger partial charge in [0.15, 0.2) is 11.5 Å². The van der Waals surface area contributed by atoms with E-state index in [1.807, 2.05) is 18.2 Å². The molecule has 9 heteroatoms. The lowest BCUT2D eigenvalue weighted by molar-refractivity contribution is -0.215. The highest BCUT2D eigenvalue weighted by Gasteiger charge is 2.56. The molecule has 0 spiro atoms. The molecule has 1 N–H and O–H groups in total. The topological polar surface area (TPSA) is 73.6 Å². The van der Waals surface area contributed by atoms with Gasteiger partial charge in [0.2, 0.25) is 0 Å². The van der Waals surface area contributed by atoms with E-state index in [0.29, 0.717) is 22.2 Å². The largest absolute Gasteiger partial charge is 0.493 e. The van der Waals surface area contributed by atoms with Gasteiger partial charge in [0, 0.05) is 30.0 Å². The first-order valence-electron chi connectivity index (χ1n) is 10.1. The zero-order chi connectivity index (χ0) is 23.6. The molecular formula is C24H21ClF2N2O4. The molecule has 33 heavy (non-hydrogen) atoms. The summed E-state index contributed by atoms with van der Waals surface area (Å²) in [6.07, 6.45) is 3.67. The van der Waals surface area contributed by atoms with Crippen LogP contribution in [0.5, 0.6) is 11.5 Å². The molecule has 0 radical (unpaired) electrons. The van der Waals surface area contributed by atoms with Gasteiger partial charge in [-0.15, -0.1) is 0 Å². The fraction of sp³-hybridized carbons (Fsp3) is 0.250. The van der Waals surface area contributed by atoms with Gasteiger partial charge in [0.1, 0.15) is 18.5 Å². The number of ether oxygens (including phenoxy) is 2. The zero-order valence-electron chi connectivity index (χ0n) is 17.7. The number of aromatic nitrogens is 2. The summed E-state index contributed by atoms with van der Waals surface area (Å²) in [6.45, 7) is -0.283. The lowest BCUT2D eigenvalue weighted by Gasteiger charge is -2.42. The summed E-state index contributed by atoms with van der Waals surface area (Å²) in [6, 6.07) is 13.4. The van der Waals surface area contributed by atoms with Crippen LogP contribution >= 0.6 is 11.6 Å². The number of aliphatic hydroxyl groups is 1. The van der Waals surface area contributed by atoms with Crippen molar-refractivity contribution in [2.75, 3.05) is 13.7 Å². The molecule has 1 aliphatic carbocycles. The zero-order valence-corrected chi connectivity index (χ0v) is 18.4. The van der Waals surface area contributed by atoms with Gasteiger partial charge in [-0.3, -0.25) is 9.36 Å². The predicted molar refractivity (Wildman–Crippen MR) is 121 cm³/mol. The Morgan fingerprint density at radius 3 is 2.48 bits per heavy atom. The van der Waals surface area contributed by atoms with Gasteiger partial charge in [-0.25, -0.2) is 13.8 Å². The maximum absolute atomic E-state index is 13.1. The molecule has 0 saturated heterocycles. The number of rotatable bonds is 7. The van der Waals surface area contributed by atoms with Crippen molar-refractivity contribution in [3.8, 4) is 17.2 Å². The third kappa shape index (κ3) is 5.40. The standard InChI is InChI=1S/C24H21ClF2N2O4/c1-32-21-11-19(8-9-20(21)33-14-23(31)12-24(26,27)13-23)29-15-28-18(10-22(29)30)7-4-16-2-5-17(25)6-3-16/h2-11,15,31H,12-14H2,1H3. The molecule has 0 amide bonds. The van der Waals surface area contributed by atoms with E-state index in [2.05, 4.69) is 4.98 Å². The van der Waals surface area contributed by atoms with Crippen molar-refractivity contribution in [1.82, 2.24) is 9.55 Å². The molecule has 1 aliphatic rings. The minimum absolute atomic E-state index is 0.272. The van der Waals surface area contributed by atoms with Crippen LogP contribution in [0, 0.1) is 0 Å². The number of hydrogen-bond acceptors (Lipinski definition) is 5. The molecule has 2 aromatic carbocycles.